The zero-order valence-corrected chi connectivity index (χ0v) is 13.2. The third kappa shape index (κ3) is 4.41. The summed E-state index contributed by atoms with van der Waals surface area (Å²) in [5.74, 6) is 0.483. The van der Waals surface area contributed by atoms with Crippen LogP contribution in [0.1, 0.15) is 5.56 Å². The summed E-state index contributed by atoms with van der Waals surface area (Å²) in [7, 11) is -2.12. The molecule has 1 saturated heterocycles. The van der Waals surface area contributed by atoms with Gasteiger partial charge in [-0.05, 0) is 24.6 Å². The molecule has 0 saturated carbocycles. The van der Waals surface area contributed by atoms with Gasteiger partial charge in [-0.2, -0.15) is 0 Å². The first kappa shape index (κ1) is 16.2. The van der Waals surface area contributed by atoms with Gasteiger partial charge in [-0.1, -0.05) is 6.07 Å². The predicted molar refractivity (Wildman–Crippen MR) is 80.1 cm³/mol. The van der Waals surface area contributed by atoms with Gasteiger partial charge in [0.25, 0.3) is 0 Å². The maximum absolute atomic E-state index is 12.4. The van der Waals surface area contributed by atoms with E-state index in [0.717, 1.165) is 18.7 Å². The molecule has 118 valence electrons. The fourth-order valence-corrected chi connectivity index (χ4v) is 3.46. The van der Waals surface area contributed by atoms with Crippen LogP contribution in [-0.2, 0) is 14.8 Å². The van der Waals surface area contributed by atoms with Crippen LogP contribution < -0.4 is 14.8 Å². The molecule has 0 aromatic heterocycles. The molecule has 1 aromatic rings. The standard InChI is InChI=1S/C14H22N2O4S/c1-11-3-4-14(13(7-11)19-2)21(17,18)16-9-12-8-15-5-6-20-10-12/h3-4,7,12,15-16H,5-6,8-10H2,1-2H3. The Kier molecular flexibility index (Phi) is 5.58. The first-order valence-corrected chi connectivity index (χ1v) is 8.44. The molecular weight excluding hydrogens is 292 g/mol. The van der Waals surface area contributed by atoms with Crippen molar-refractivity contribution in [2.24, 2.45) is 5.92 Å². The Labute approximate surface area is 125 Å². The second-order valence-corrected chi connectivity index (χ2v) is 6.89. The summed E-state index contributed by atoms with van der Waals surface area (Å²) in [5, 5.41) is 3.22. The summed E-state index contributed by atoms with van der Waals surface area (Å²) in [6.45, 7) is 4.99. The molecule has 1 atom stereocenters. The van der Waals surface area contributed by atoms with Gasteiger partial charge in [0.2, 0.25) is 10.0 Å². The van der Waals surface area contributed by atoms with Gasteiger partial charge in [0.05, 0.1) is 20.3 Å². The molecule has 0 spiro atoms. The summed E-state index contributed by atoms with van der Waals surface area (Å²) in [4.78, 5) is 0.165. The minimum atomic E-state index is -3.59. The second kappa shape index (κ2) is 7.22. The molecule has 6 nitrogen and oxygen atoms in total. The van der Waals surface area contributed by atoms with E-state index in [4.69, 9.17) is 9.47 Å². The molecule has 1 unspecified atom stereocenters. The fourth-order valence-electron chi connectivity index (χ4n) is 2.19. The van der Waals surface area contributed by atoms with Gasteiger partial charge < -0.3 is 14.8 Å². The number of nitrogens with one attached hydrogen (secondary N) is 2. The first-order valence-electron chi connectivity index (χ1n) is 6.95. The van der Waals surface area contributed by atoms with E-state index < -0.39 is 10.0 Å². The number of rotatable bonds is 5. The normalized spacial score (nSPS) is 20.0. The zero-order valence-electron chi connectivity index (χ0n) is 12.4. The molecular formula is C14H22N2O4S. The monoisotopic (exact) mass is 314 g/mol. The molecule has 0 aliphatic carbocycles. The topological polar surface area (TPSA) is 76.7 Å². The summed E-state index contributed by atoms with van der Waals surface area (Å²) < 4.78 is 38.0. The summed E-state index contributed by atoms with van der Waals surface area (Å²) in [5.41, 5.74) is 0.951. The van der Waals surface area contributed by atoms with Crippen LogP contribution in [0, 0.1) is 12.8 Å². The second-order valence-electron chi connectivity index (χ2n) is 5.15. The SMILES string of the molecule is COc1cc(C)ccc1S(=O)(=O)NCC1CNCCOC1. The van der Waals surface area contributed by atoms with E-state index >= 15 is 0 Å². The van der Waals surface area contributed by atoms with Crippen molar-refractivity contribution >= 4 is 10.0 Å². The van der Waals surface area contributed by atoms with Crippen LogP contribution in [0.2, 0.25) is 0 Å². The lowest BCUT2D eigenvalue weighted by Crippen LogP contribution is -2.35. The number of methoxy groups -OCH3 is 1. The van der Waals surface area contributed by atoms with Gasteiger partial charge in [0.15, 0.2) is 0 Å². The molecule has 1 aromatic carbocycles. The molecule has 2 rings (SSSR count). The Balaban J connectivity index is 2.07. The van der Waals surface area contributed by atoms with Gasteiger partial charge in [-0.25, -0.2) is 13.1 Å². The van der Waals surface area contributed by atoms with Crippen molar-refractivity contribution < 1.29 is 17.9 Å². The van der Waals surface area contributed by atoms with Gasteiger partial charge in [-0.15, -0.1) is 0 Å². The van der Waals surface area contributed by atoms with Crippen LogP contribution in [0.25, 0.3) is 0 Å². The molecule has 1 fully saturated rings. The quantitative estimate of drug-likeness (QED) is 0.828. The highest BCUT2D eigenvalue weighted by Crippen LogP contribution is 2.24. The highest BCUT2D eigenvalue weighted by Gasteiger charge is 2.21. The first-order chi connectivity index (χ1) is 10.0. The number of hydrogen-bond acceptors (Lipinski definition) is 5. The van der Waals surface area contributed by atoms with E-state index in [1.54, 1.807) is 18.2 Å². The van der Waals surface area contributed by atoms with Crippen molar-refractivity contribution in [3.05, 3.63) is 23.8 Å². The smallest absolute Gasteiger partial charge is 0.244 e. The van der Waals surface area contributed by atoms with E-state index in [1.807, 2.05) is 6.92 Å². The van der Waals surface area contributed by atoms with Crippen LogP contribution in [0.4, 0.5) is 0 Å². The van der Waals surface area contributed by atoms with E-state index in [0.29, 0.717) is 25.5 Å². The Morgan fingerprint density at radius 1 is 1.48 bits per heavy atom. The van der Waals surface area contributed by atoms with E-state index in [1.165, 1.54) is 7.11 Å². The summed E-state index contributed by atoms with van der Waals surface area (Å²) >= 11 is 0. The van der Waals surface area contributed by atoms with Gasteiger partial charge in [0, 0.05) is 25.6 Å². The van der Waals surface area contributed by atoms with Crippen molar-refractivity contribution in [2.45, 2.75) is 11.8 Å². The third-order valence-electron chi connectivity index (χ3n) is 3.38. The highest BCUT2D eigenvalue weighted by atomic mass is 32.2. The number of aryl methyl sites for hydroxylation is 1. The van der Waals surface area contributed by atoms with Gasteiger partial charge in [-0.3, -0.25) is 0 Å². The molecule has 0 amide bonds. The van der Waals surface area contributed by atoms with E-state index in [-0.39, 0.29) is 10.8 Å². The zero-order chi connectivity index (χ0) is 15.3. The van der Waals surface area contributed by atoms with Crippen LogP contribution in [0.15, 0.2) is 23.1 Å². The van der Waals surface area contributed by atoms with E-state index in [9.17, 15) is 8.42 Å². The number of ether oxygens (including phenoxy) is 2. The fraction of sp³-hybridized carbons (Fsp3) is 0.571. The molecule has 7 heteroatoms. The van der Waals surface area contributed by atoms with Crippen LogP contribution in [0.5, 0.6) is 5.75 Å². The van der Waals surface area contributed by atoms with Crippen molar-refractivity contribution in [2.75, 3.05) is 40.0 Å². The van der Waals surface area contributed by atoms with E-state index in [2.05, 4.69) is 10.0 Å². The lowest BCUT2D eigenvalue weighted by atomic mass is 10.2. The molecule has 1 heterocycles. The van der Waals surface area contributed by atoms with Gasteiger partial charge >= 0.3 is 0 Å². The van der Waals surface area contributed by atoms with Crippen LogP contribution >= 0.6 is 0 Å². The molecule has 0 bridgehead atoms. The Morgan fingerprint density at radius 3 is 3.05 bits per heavy atom. The Hall–Kier alpha value is -1.15. The van der Waals surface area contributed by atoms with Crippen molar-refractivity contribution in [3.8, 4) is 5.75 Å². The van der Waals surface area contributed by atoms with Gasteiger partial charge in [0.1, 0.15) is 10.6 Å². The predicted octanol–water partition coefficient (Wildman–Crippen LogP) is 0.518. The van der Waals surface area contributed by atoms with Crippen LogP contribution in [0.3, 0.4) is 0 Å². The minimum Gasteiger partial charge on any atom is -0.495 e. The molecule has 2 N–H and O–H groups in total. The number of sulfonamides is 1. The molecule has 1 aliphatic rings. The lowest BCUT2D eigenvalue weighted by Gasteiger charge is -2.16. The molecule has 0 radical (unpaired) electrons. The maximum atomic E-state index is 12.4. The average Bonchev–Trinajstić information content (AvgIpc) is 2.73. The maximum Gasteiger partial charge on any atom is 0.244 e. The van der Waals surface area contributed by atoms with Crippen LogP contribution in [-0.4, -0.2) is 48.4 Å². The summed E-state index contributed by atoms with van der Waals surface area (Å²) in [6.07, 6.45) is 0. The number of benzene rings is 1. The average molecular weight is 314 g/mol. The van der Waals surface area contributed by atoms with Crippen molar-refractivity contribution in [1.82, 2.24) is 10.0 Å². The minimum absolute atomic E-state index is 0.124. The highest BCUT2D eigenvalue weighted by molar-refractivity contribution is 7.89. The summed E-state index contributed by atoms with van der Waals surface area (Å²) in [6, 6.07) is 5.04. The Bertz CT molecular complexity index is 566. The lowest BCUT2D eigenvalue weighted by molar-refractivity contribution is 0.124. The number of hydrogen-bond donors (Lipinski definition) is 2. The van der Waals surface area contributed by atoms with Crippen molar-refractivity contribution in [3.63, 3.8) is 0 Å². The Morgan fingerprint density at radius 2 is 2.29 bits per heavy atom. The molecule has 21 heavy (non-hydrogen) atoms. The largest absolute Gasteiger partial charge is 0.495 e. The van der Waals surface area contributed by atoms with Crippen molar-refractivity contribution in [1.29, 1.82) is 0 Å². The molecule has 1 aliphatic heterocycles. The third-order valence-corrected chi connectivity index (χ3v) is 4.84.